The normalized spacial score (nSPS) is 11.1. The van der Waals surface area contributed by atoms with Crippen LogP contribution in [0.4, 0.5) is 5.69 Å². The Morgan fingerprint density at radius 1 is 1.41 bits per heavy atom. The molecular weight excluding hydrogens is 218 g/mol. The van der Waals surface area contributed by atoms with Gasteiger partial charge in [0.2, 0.25) is 0 Å². The number of carbonyl (C=O) groups excluding carboxylic acids is 1. The third-order valence-electron chi connectivity index (χ3n) is 2.65. The van der Waals surface area contributed by atoms with E-state index in [2.05, 4.69) is 0 Å². The highest BCUT2D eigenvalue weighted by atomic mass is 16.5. The van der Waals surface area contributed by atoms with E-state index in [4.69, 9.17) is 15.2 Å². The van der Waals surface area contributed by atoms with E-state index in [1.165, 1.54) is 7.11 Å². The third kappa shape index (κ3) is 3.12. The summed E-state index contributed by atoms with van der Waals surface area (Å²) in [5, 5.41) is 0. The zero-order valence-electron chi connectivity index (χ0n) is 10.7. The molecule has 94 valence electrons. The van der Waals surface area contributed by atoms with Crippen molar-refractivity contribution in [3.63, 3.8) is 0 Å². The maximum absolute atomic E-state index is 11.5. The summed E-state index contributed by atoms with van der Waals surface area (Å²) < 4.78 is 10.3. The number of ether oxygens (including phenoxy) is 2. The Morgan fingerprint density at radius 3 is 2.65 bits per heavy atom. The van der Waals surface area contributed by atoms with Crippen molar-refractivity contribution in [2.24, 2.45) is 5.41 Å². The minimum Gasteiger partial charge on any atom is -0.492 e. The number of rotatable bonds is 4. The summed E-state index contributed by atoms with van der Waals surface area (Å²) in [7, 11) is 1.37. The lowest BCUT2D eigenvalue weighted by Gasteiger charge is -2.22. The summed E-state index contributed by atoms with van der Waals surface area (Å²) in [6.07, 6.45) is 0. The van der Waals surface area contributed by atoms with Gasteiger partial charge in [0.25, 0.3) is 0 Å². The molecule has 1 aromatic rings. The highest BCUT2D eigenvalue weighted by Gasteiger charge is 2.29. The van der Waals surface area contributed by atoms with Gasteiger partial charge in [-0.2, -0.15) is 0 Å². The fraction of sp³-hybridized carbons (Fsp3) is 0.462. The van der Waals surface area contributed by atoms with Gasteiger partial charge in [0.15, 0.2) is 0 Å². The fourth-order valence-corrected chi connectivity index (χ4v) is 1.38. The van der Waals surface area contributed by atoms with E-state index in [9.17, 15) is 4.79 Å². The molecule has 1 aromatic carbocycles. The summed E-state index contributed by atoms with van der Waals surface area (Å²) in [6.45, 7) is 5.70. The van der Waals surface area contributed by atoms with Crippen LogP contribution in [-0.4, -0.2) is 19.7 Å². The Labute approximate surface area is 102 Å². The van der Waals surface area contributed by atoms with Gasteiger partial charge in [-0.25, -0.2) is 0 Å². The van der Waals surface area contributed by atoms with Crippen molar-refractivity contribution in [1.29, 1.82) is 0 Å². The van der Waals surface area contributed by atoms with Crippen molar-refractivity contribution in [1.82, 2.24) is 0 Å². The molecule has 0 aliphatic heterocycles. The number of benzene rings is 1. The van der Waals surface area contributed by atoms with E-state index < -0.39 is 5.41 Å². The zero-order chi connectivity index (χ0) is 13.1. The van der Waals surface area contributed by atoms with Gasteiger partial charge in [-0.05, 0) is 32.9 Å². The minimum atomic E-state index is -0.675. The van der Waals surface area contributed by atoms with Gasteiger partial charge >= 0.3 is 5.97 Å². The number of methoxy groups -OCH3 is 1. The van der Waals surface area contributed by atoms with Crippen molar-refractivity contribution in [2.75, 3.05) is 19.5 Å². The van der Waals surface area contributed by atoms with Crippen LogP contribution >= 0.6 is 0 Å². The first-order valence-electron chi connectivity index (χ1n) is 5.45. The standard InChI is InChI=1S/C13H19NO3/c1-9-10(14)6-5-7-11(9)17-8-13(2,3)12(15)16-4/h5-7H,8,14H2,1-4H3. The highest BCUT2D eigenvalue weighted by molar-refractivity contribution is 5.75. The number of esters is 1. The van der Waals surface area contributed by atoms with Crippen LogP contribution in [0, 0.1) is 12.3 Å². The van der Waals surface area contributed by atoms with Gasteiger partial charge in [0, 0.05) is 11.3 Å². The lowest BCUT2D eigenvalue weighted by molar-refractivity contribution is -0.152. The van der Waals surface area contributed by atoms with Gasteiger partial charge in [-0.3, -0.25) is 4.79 Å². The molecule has 0 heterocycles. The molecule has 0 spiro atoms. The van der Waals surface area contributed by atoms with Gasteiger partial charge in [0.05, 0.1) is 12.5 Å². The quantitative estimate of drug-likeness (QED) is 0.644. The second-order valence-electron chi connectivity index (χ2n) is 4.63. The van der Waals surface area contributed by atoms with Gasteiger partial charge < -0.3 is 15.2 Å². The van der Waals surface area contributed by atoms with Crippen molar-refractivity contribution in [3.8, 4) is 5.75 Å². The number of carbonyl (C=O) groups is 1. The van der Waals surface area contributed by atoms with Crippen LogP contribution < -0.4 is 10.5 Å². The number of nitrogens with two attached hydrogens (primary N) is 1. The summed E-state index contributed by atoms with van der Waals surface area (Å²) in [4.78, 5) is 11.5. The molecule has 0 bridgehead atoms. The molecule has 0 aliphatic rings. The predicted octanol–water partition coefficient (Wildman–Crippen LogP) is 2.16. The van der Waals surface area contributed by atoms with Crippen molar-refractivity contribution in [2.45, 2.75) is 20.8 Å². The van der Waals surface area contributed by atoms with E-state index in [1.54, 1.807) is 13.8 Å². The Morgan fingerprint density at radius 2 is 2.06 bits per heavy atom. The van der Waals surface area contributed by atoms with E-state index >= 15 is 0 Å². The molecule has 0 amide bonds. The molecule has 17 heavy (non-hydrogen) atoms. The smallest absolute Gasteiger partial charge is 0.314 e. The van der Waals surface area contributed by atoms with Crippen LogP contribution in [0.5, 0.6) is 5.75 Å². The molecule has 4 nitrogen and oxygen atoms in total. The van der Waals surface area contributed by atoms with Crippen LogP contribution in [0.1, 0.15) is 19.4 Å². The maximum atomic E-state index is 11.5. The molecular formula is C13H19NO3. The average Bonchev–Trinajstić information content (AvgIpc) is 2.30. The summed E-state index contributed by atoms with van der Waals surface area (Å²) in [6, 6.07) is 5.47. The minimum absolute atomic E-state index is 0.254. The van der Waals surface area contributed by atoms with E-state index in [0.717, 1.165) is 5.56 Å². The van der Waals surface area contributed by atoms with E-state index in [-0.39, 0.29) is 12.6 Å². The molecule has 2 N–H and O–H groups in total. The Kier molecular flexibility index (Phi) is 3.99. The first-order valence-corrected chi connectivity index (χ1v) is 5.45. The zero-order valence-corrected chi connectivity index (χ0v) is 10.7. The lowest BCUT2D eigenvalue weighted by atomic mass is 9.95. The first kappa shape index (κ1) is 13.4. The lowest BCUT2D eigenvalue weighted by Crippen LogP contribution is -2.32. The van der Waals surface area contributed by atoms with Crippen LogP contribution in [-0.2, 0) is 9.53 Å². The average molecular weight is 237 g/mol. The fourth-order valence-electron chi connectivity index (χ4n) is 1.38. The number of anilines is 1. The Hall–Kier alpha value is -1.71. The van der Waals surface area contributed by atoms with Gasteiger partial charge in [0.1, 0.15) is 12.4 Å². The molecule has 0 radical (unpaired) electrons. The van der Waals surface area contributed by atoms with Crippen LogP contribution in [0.3, 0.4) is 0 Å². The Balaban J connectivity index is 2.74. The second kappa shape index (κ2) is 5.08. The van der Waals surface area contributed by atoms with Gasteiger partial charge in [-0.15, -0.1) is 0 Å². The maximum Gasteiger partial charge on any atom is 0.314 e. The monoisotopic (exact) mass is 237 g/mol. The van der Waals surface area contributed by atoms with E-state index in [1.807, 2.05) is 25.1 Å². The summed E-state index contributed by atoms with van der Waals surface area (Å²) in [5.74, 6) is 0.404. The molecule has 0 saturated carbocycles. The van der Waals surface area contributed by atoms with Crippen molar-refractivity contribution >= 4 is 11.7 Å². The molecule has 0 atom stereocenters. The summed E-state index contributed by atoms with van der Waals surface area (Å²) >= 11 is 0. The van der Waals surface area contributed by atoms with Crippen molar-refractivity contribution < 1.29 is 14.3 Å². The summed E-state index contributed by atoms with van der Waals surface area (Å²) in [5.41, 5.74) is 6.66. The molecule has 1 rings (SSSR count). The van der Waals surface area contributed by atoms with Gasteiger partial charge in [-0.1, -0.05) is 6.07 Å². The molecule has 4 heteroatoms. The predicted molar refractivity (Wildman–Crippen MR) is 66.9 cm³/mol. The second-order valence-corrected chi connectivity index (χ2v) is 4.63. The van der Waals surface area contributed by atoms with Crippen molar-refractivity contribution in [3.05, 3.63) is 23.8 Å². The molecule has 0 aromatic heterocycles. The SMILES string of the molecule is COC(=O)C(C)(C)COc1cccc(N)c1C. The van der Waals surface area contributed by atoms with E-state index in [0.29, 0.717) is 11.4 Å². The molecule has 0 fully saturated rings. The molecule has 0 saturated heterocycles. The van der Waals surface area contributed by atoms with Crippen LogP contribution in [0.15, 0.2) is 18.2 Å². The third-order valence-corrected chi connectivity index (χ3v) is 2.65. The first-order chi connectivity index (χ1) is 7.88. The molecule has 0 unspecified atom stereocenters. The number of hydrogen-bond acceptors (Lipinski definition) is 4. The topological polar surface area (TPSA) is 61.5 Å². The number of nitrogen functional groups attached to an aromatic ring is 1. The van der Waals surface area contributed by atoms with Crippen LogP contribution in [0.2, 0.25) is 0 Å². The largest absolute Gasteiger partial charge is 0.492 e. The molecule has 0 aliphatic carbocycles. The van der Waals surface area contributed by atoms with Crippen LogP contribution in [0.25, 0.3) is 0 Å². The number of hydrogen-bond donors (Lipinski definition) is 1. The Bertz CT molecular complexity index is 413. The highest BCUT2D eigenvalue weighted by Crippen LogP contribution is 2.25.